The van der Waals surface area contributed by atoms with Crippen LogP contribution in [0, 0.1) is 0 Å². The van der Waals surface area contributed by atoms with Crippen molar-refractivity contribution in [3.8, 4) is 5.75 Å². The summed E-state index contributed by atoms with van der Waals surface area (Å²) >= 11 is 0. The number of benzene rings is 1. The van der Waals surface area contributed by atoms with Crippen LogP contribution in [0.4, 0.5) is 0 Å². The predicted molar refractivity (Wildman–Crippen MR) is 51.3 cm³/mol. The zero-order valence-corrected chi connectivity index (χ0v) is 7.60. The molecule has 0 bridgehead atoms. The normalized spacial score (nSPS) is 9.64. The van der Waals surface area contributed by atoms with Crippen LogP contribution in [0.25, 0.3) is 0 Å². The van der Waals surface area contributed by atoms with Crippen molar-refractivity contribution in [2.75, 3.05) is 7.11 Å². The van der Waals surface area contributed by atoms with Gasteiger partial charge in [0, 0.05) is 5.56 Å². The number of hydrogen-bond acceptors (Lipinski definition) is 4. The summed E-state index contributed by atoms with van der Waals surface area (Å²) in [6.07, 6.45) is 0. The van der Waals surface area contributed by atoms with Gasteiger partial charge in [-0.2, -0.15) is 0 Å². The van der Waals surface area contributed by atoms with Gasteiger partial charge in [0.2, 0.25) is 5.91 Å². The average Bonchev–Trinajstić information content (AvgIpc) is 2.16. The second kappa shape index (κ2) is 4.12. The van der Waals surface area contributed by atoms with Gasteiger partial charge in [-0.05, 0) is 23.7 Å². The molecule has 0 atom stereocenters. The van der Waals surface area contributed by atoms with Crippen LogP contribution >= 0.6 is 0 Å². The first-order chi connectivity index (χ1) is 6.56. The van der Waals surface area contributed by atoms with Gasteiger partial charge in [0.15, 0.2) is 0 Å². The zero-order valence-electron chi connectivity index (χ0n) is 7.60. The Labute approximate surface area is 81.3 Å². The summed E-state index contributed by atoms with van der Waals surface area (Å²) in [5.74, 6) is -0.283. The Kier molecular flexibility index (Phi) is 3.11. The van der Waals surface area contributed by atoms with Crippen molar-refractivity contribution >= 4 is 18.5 Å². The molecule has 0 spiro atoms. The molecule has 0 unspecified atom stereocenters. The molecule has 5 nitrogen and oxygen atoms in total. The first-order valence-electron chi connectivity index (χ1n) is 3.90. The van der Waals surface area contributed by atoms with E-state index in [2.05, 4.69) is 0 Å². The molecular weight excluding hydrogens is 185 g/mol. The van der Waals surface area contributed by atoms with E-state index in [0.717, 1.165) is 0 Å². The van der Waals surface area contributed by atoms with Crippen molar-refractivity contribution in [2.45, 2.75) is 0 Å². The van der Waals surface area contributed by atoms with Gasteiger partial charge in [0.05, 0.1) is 7.11 Å². The molecule has 0 aromatic heterocycles. The van der Waals surface area contributed by atoms with Crippen LogP contribution in [0.3, 0.4) is 0 Å². The Morgan fingerprint density at radius 1 is 1.50 bits per heavy atom. The molecule has 0 fully saturated rings. The smallest absolute Gasteiger partial charge is 0.489 e. The van der Waals surface area contributed by atoms with Gasteiger partial charge in [-0.15, -0.1) is 0 Å². The molecule has 1 rings (SSSR count). The average molecular weight is 195 g/mol. The number of amides is 1. The minimum Gasteiger partial charge on any atom is -0.497 e. The summed E-state index contributed by atoms with van der Waals surface area (Å²) in [5, 5.41) is 17.9. The van der Waals surface area contributed by atoms with Crippen LogP contribution in [0.5, 0.6) is 5.75 Å². The van der Waals surface area contributed by atoms with E-state index in [1.165, 1.54) is 25.3 Å². The molecule has 14 heavy (non-hydrogen) atoms. The van der Waals surface area contributed by atoms with E-state index >= 15 is 0 Å². The summed E-state index contributed by atoms with van der Waals surface area (Å²) in [6.45, 7) is 0. The number of carbonyl (C=O) groups is 1. The van der Waals surface area contributed by atoms with Gasteiger partial charge in [0.1, 0.15) is 5.75 Å². The standard InChI is InChI=1S/C8H10BNO4/c1-14-5-2-3-6(8(10)11)7(4-5)9(12)13/h2-4,12-13H,1H3,(H2,10,11). The van der Waals surface area contributed by atoms with E-state index in [1.54, 1.807) is 0 Å². The van der Waals surface area contributed by atoms with Crippen molar-refractivity contribution in [1.29, 1.82) is 0 Å². The molecule has 1 aromatic rings. The largest absolute Gasteiger partial charge is 0.497 e. The molecule has 4 N–H and O–H groups in total. The molecule has 0 heterocycles. The topological polar surface area (TPSA) is 92.8 Å². The highest BCUT2D eigenvalue weighted by Crippen LogP contribution is 2.09. The molecular formula is C8H10BNO4. The van der Waals surface area contributed by atoms with Gasteiger partial charge in [-0.25, -0.2) is 0 Å². The highest BCUT2D eigenvalue weighted by Gasteiger charge is 2.19. The Morgan fingerprint density at radius 3 is 2.57 bits per heavy atom. The Balaban J connectivity index is 3.24. The van der Waals surface area contributed by atoms with Crippen LogP contribution < -0.4 is 15.9 Å². The molecule has 0 saturated heterocycles. The second-order valence-electron chi connectivity index (χ2n) is 2.69. The van der Waals surface area contributed by atoms with Crippen LogP contribution in [0.1, 0.15) is 10.4 Å². The predicted octanol–water partition coefficient (Wildman–Crippen LogP) is -1.53. The number of primary amides is 1. The zero-order chi connectivity index (χ0) is 10.7. The lowest BCUT2D eigenvalue weighted by molar-refractivity contribution is 0.100. The number of carbonyl (C=O) groups excluding carboxylic acids is 1. The Hall–Kier alpha value is -1.53. The lowest BCUT2D eigenvalue weighted by Gasteiger charge is -2.07. The fraction of sp³-hybridized carbons (Fsp3) is 0.125. The van der Waals surface area contributed by atoms with Crippen molar-refractivity contribution in [3.05, 3.63) is 23.8 Å². The van der Waals surface area contributed by atoms with Crippen molar-refractivity contribution in [2.24, 2.45) is 5.73 Å². The number of nitrogens with two attached hydrogens (primary N) is 1. The van der Waals surface area contributed by atoms with E-state index in [1.807, 2.05) is 0 Å². The second-order valence-corrected chi connectivity index (χ2v) is 2.69. The first-order valence-corrected chi connectivity index (χ1v) is 3.90. The summed E-state index contributed by atoms with van der Waals surface area (Å²) < 4.78 is 4.87. The minimum atomic E-state index is -1.74. The van der Waals surface area contributed by atoms with Gasteiger partial charge in [0.25, 0.3) is 0 Å². The van der Waals surface area contributed by atoms with Crippen LogP contribution in [0.15, 0.2) is 18.2 Å². The maximum absolute atomic E-state index is 10.9. The first kappa shape index (κ1) is 10.6. The number of ether oxygens (including phenoxy) is 1. The third-order valence-corrected chi connectivity index (χ3v) is 1.80. The summed E-state index contributed by atoms with van der Waals surface area (Å²) in [5.41, 5.74) is 5.15. The maximum atomic E-state index is 10.9. The third-order valence-electron chi connectivity index (χ3n) is 1.80. The molecule has 1 amide bonds. The monoisotopic (exact) mass is 195 g/mol. The fourth-order valence-corrected chi connectivity index (χ4v) is 1.11. The molecule has 74 valence electrons. The Morgan fingerprint density at radius 2 is 2.14 bits per heavy atom. The lowest BCUT2D eigenvalue weighted by Crippen LogP contribution is -2.36. The van der Waals surface area contributed by atoms with E-state index in [9.17, 15) is 4.79 Å². The molecule has 6 heteroatoms. The summed E-state index contributed by atoms with van der Waals surface area (Å²) in [4.78, 5) is 10.9. The molecule has 0 aliphatic rings. The van der Waals surface area contributed by atoms with Crippen LogP contribution in [-0.4, -0.2) is 30.2 Å². The molecule has 0 aliphatic heterocycles. The van der Waals surface area contributed by atoms with Gasteiger partial charge < -0.3 is 20.5 Å². The van der Waals surface area contributed by atoms with E-state index in [0.29, 0.717) is 5.75 Å². The molecule has 0 aliphatic carbocycles. The minimum absolute atomic E-state index is 0.0388. The summed E-state index contributed by atoms with van der Waals surface area (Å²) in [7, 11) is -0.306. The SMILES string of the molecule is COc1ccc(C(N)=O)c(B(O)O)c1. The Bertz CT molecular complexity index is 353. The van der Waals surface area contributed by atoms with E-state index in [4.69, 9.17) is 20.5 Å². The van der Waals surface area contributed by atoms with Crippen LogP contribution in [-0.2, 0) is 0 Å². The van der Waals surface area contributed by atoms with Gasteiger partial charge in [-0.3, -0.25) is 4.79 Å². The lowest BCUT2D eigenvalue weighted by atomic mass is 9.76. The van der Waals surface area contributed by atoms with Crippen molar-refractivity contribution in [1.82, 2.24) is 0 Å². The maximum Gasteiger partial charge on any atom is 0.489 e. The highest BCUT2D eigenvalue weighted by molar-refractivity contribution is 6.60. The summed E-state index contributed by atoms with van der Waals surface area (Å²) in [6, 6.07) is 4.26. The fourth-order valence-electron chi connectivity index (χ4n) is 1.11. The van der Waals surface area contributed by atoms with Crippen LogP contribution in [0.2, 0.25) is 0 Å². The quantitative estimate of drug-likeness (QED) is 0.510. The van der Waals surface area contributed by atoms with Gasteiger partial charge in [-0.1, -0.05) is 0 Å². The highest BCUT2D eigenvalue weighted by atomic mass is 16.5. The number of rotatable bonds is 3. The molecule has 1 aromatic carbocycles. The molecule has 0 saturated carbocycles. The van der Waals surface area contributed by atoms with E-state index in [-0.39, 0.29) is 11.0 Å². The number of hydrogen-bond donors (Lipinski definition) is 3. The van der Waals surface area contributed by atoms with E-state index < -0.39 is 13.0 Å². The third kappa shape index (κ3) is 2.04. The van der Waals surface area contributed by atoms with Crippen molar-refractivity contribution in [3.63, 3.8) is 0 Å². The van der Waals surface area contributed by atoms with Gasteiger partial charge >= 0.3 is 7.12 Å². The molecule has 0 radical (unpaired) electrons. The van der Waals surface area contributed by atoms with Crippen molar-refractivity contribution < 1.29 is 19.6 Å². The number of methoxy groups -OCH3 is 1.